The summed E-state index contributed by atoms with van der Waals surface area (Å²) in [6, 6.07) is 6.39. The van der Waals surface area contributed by atoms with Crippen LogP contribution in [0.3, 0.4) is 0 Å². The molecule has 3 nitrogen and oxygen atoms in total. The molecule has 102 valence electrons. The number of hydrogen-bond acceptors (Lipinski definition) is 4. The molecule has 0 radical (unpaired) electrons. The molecule has 5 heteroatoms. The highest BCUT2D eigenvalue weighted by molar-refractivity contribution is 9.10. The second-order valence-corrected chi connectivity index (χ2v) is 6.01. The number of benzene rings is 1. The molecule has 1 aromatic carbocycles. The number of halogens is 1. The first-order valence-corrected chi connectivity index (χ1v) is 7.86. The van der Waals surface area contributed by atoms with Crippen molar-refractivity contribution < 1.29 is 4.74 Å². The van der Waals surface area contributed by atoms with E-state index >= 15 is 0 Å². The van der Waals surface area contributed by atoms with E-state index in [-0.39, 0.29) is 6.04 Å². The lowest BCUT2D eigenvalue weighted by molar-refractivity contribution is 0.406. The number of thiazole rings is 1. The Balaban J connectivity index is 2.24. The van der Waals surface area contributed by atoms with Crippen LogP contribution in [-0.2, 0) is 6.42 Å². The third-order valence-electron chi connectivity index (χ3n) is 2.91. The van der Waals surface area contributed by atoms with Crippen LogP contribution in [0.25, 0.3) is 0 Å². The molecule has 2 aromatic rings. The largest absolute Gasteiger partial charge is 0.496 e. The Labute approximate surface area is 126 Å². The van der Waals surface area contributed by atoms with Crippen molar-refractivity contribution in [3.63, 3.8) is 0 Å². The molecule has 0 amide bonds. The first-order valence-electron chi connectivity index (χ1n) is 6.18. The Kier molecular flexibility index (Phi) is 5.36. The van der Waals surface area contributed by atoms with Crippen molar-refractivity contribution in [1.82, 2.24) is 10.3 Å². The smallest absolute Gasteiger partial charge is 0.122 e. The zero-order valence-corrected chi connectivity index (χ0v) is 13.4. The average molecular weight is 341 g/mol. The number of hydrogen-bond donors (Lipinski definition) is 1. The van der Waals surface area contributed by atoms with Crippen molar-refractivity contribution in [2.24, 2.45) is 0 Å². The SMILES string of the molecule is CCNC(Cc1cc(Br)ccc1OC)c1cncs1. The van der Waals surface area contributed by atoms with Crippen LogP contribution in [0.5, 0.6) is 5.75 Å². The minimum absolute atomic E-state index is 0.278. The van der Waals surface area contributed by atoms with Crippen molar-refractivity contribution in [1.29, 1.82) is 0 Å². The van der Waals surface area contributed by atoms with E-state index in [9.17, 15) is 0 Å². The molecule has 19 heavy (non-hydrogen) atoms. The van der Waals surface area contributed by atoms with Gasteiger partial charge in [-0.3, -0.25) is 4.98 Å². The summed E-state index contributed by atoms with van der Waals surface area (Å²) in [5.41, 5.74) is 3.06. The van der Waals surface area contributed by atoms with Crippen LogP contribution in [0.15, 0.2) is 34.4 Å². The number of aromatic nitrogens is 1. The number of rotatable bonds is 6. The van der Waals surface area contributed by atoms with Crippen molar-refractivity contribution in [2.75, 3.05) is 13.7 Å². The van der Waals surface area contributed by atoms with E-state index in [1.54, 1.807) is 18.4 Å². The predicted molar refractivity (Wildman–Crippen MR) is 82.9 cm³/mol. The Morgan fingerprint density at radius 3 is 2.95 bits per heavy atom. The molecule has 0 aliphatic heterocycles. The molecule has 0 aliphatic carbocycles. The fraction of sp³-hybridized carbons (Fsp3) is 0.357. The lowest BCUT2D eigenvalue weighted by Gasteiger charge is -2.18. The lowest BCUT2D eigenvalue weighted by atomic mass is 10.0. The maximum Gasteiger partial charge on any atom is 0.122 e. The van der Waals surface area contributed by atoms with Crippen molar-refractivity contribution >= 4 is 27.3 Å². The Morgan fingerprint density at radius 2 is 2.32 bits per heavy atom. The van der Waals surface area contributed by atoms with Gasteiger partial charge in [0.1, 0.15) is 5.75 Å². The first kappa shape index (κ1) is 14.5. The topological polar surface area (TPSA) is 34.1 Å². The van der Waals surface area contributed by atoms with Gasteiger partial charge in [0.25, 0.3) is 0 Å². The second-order valence-electron chi connectivity index (χ2n) is 4.17. The number of nitrogens with zero attached hydrogens (tertiary/aromatic N) is 1. The fourth-order valence-electron chi connectivity index (χ4n) is 2.04. The molecular formula is C14H17BrN2OS. The van der Waals surface area contributed by atoms with Gasteiger partial charge in [0, 0.05) is 21.6 Å². The van der Waals surface area contributed by atoms with E-state index < -0.39 is 0 Å². The van der Waals surface area contributed by atoms with Gasteiger partial charge in [-0.1, -0.05) is 22.9 Å². The van der Waals surface area contributed by atoms with Gasteiger partial charge in [-0.25, -0.2) is 0 Å². The van der Waals surface area contributed by atoms with Gasteiger partial charge in [-0.15, -0.1) is 11.3 Å². The summed E-state index contributed by atoms with van der Waals surface area (Å²) < 4.78 is 6.51. The summed E-state index contributed by atoms with van der Waals surface area (Å²) in [4.78, 5) is 5.42. The predicted octanol–water partition coefficient (Wildman–Crippen LogP) is 3.81. The molecule has 0 aliphatic rings. The average Bonchev–Trinajstić information content (AvgIpc) is 2.92. The summed E-state index contributed by atoms with van der Waals surface area (Å²) in [6.07, 6.45) is 2.82. The van der Waals surface area contributed by atoms with Gasteiger partial charge >= 0.3 is 0 Å². The second kappa shape index (κ2) is 7.03. The number of nitrogens with one attached hydrogen (secondary N) is 1. The summed E-state index contributed by atoms with van der Waals surface area (Å²) in [6.45, 7) is 3.05. The number of ether oxygens (including phenoxy) is 1. The molecule has 1 N–H and O–H groups in total. The fourth-order valence-corrected chi connectivity index (χ4v) is 3.15. The molecule has 0 fully saturated rings. The molecule has 0 saturated heterocycles. The highest BCUT2D eigenvalue weighted by atomic mass is 79.9. The van der Waals surface area contributed by atoms with Crippen LogP contribution in [0.1, 0.15) is 23.4 Å². The van der Waals surface area contributed by atoms with Crippen molar-refractivity contribution in [3.8, 4) is 5.75 Å². The van der Waals surface area contributed by atoms with Crippen LogP contribution < -0.4 is 10.1 Å². The zero-order valence-electron chi connectivity index (χ0n) is 11.0. The monoisotopic (exact) mass is 340 g/mol. The van der Waals surface area contributed by atoms with E-state index in [2.05, 4.69) is 39.2 Å². The van der Waals surface area contributed by atoms with Gasteiger partial charge in [0.05, 0.1) is 12.6 Å². The summed E-state index contributed by atoms with van der Waals surface area (Å²) in [7, 11) is 1.71. The van der Waals surface area contributed by atoms with E-state index in [0.29, 0.717) is 0 Å². The molecule has 0 bridgehead atoms. The van der Waals surface area contributed by atoms with Crippen LogP contribution in [0.2, 0.25) is 0 Å². The Hall–Kier alpha value is -0.910. The van der Waals surface area contributed by atoms with Crippen LogP contribution in [0, 0.1) is 0 Å². The highest BCUT2D eigenvalue weighted by Crippen LogP contribution is 2.29. The lowest BCUT2D eigenvalue weighted by Crippen LogP contribution is -2.22. The summed E-state index contributed by atoms with van der Waals surface area (Å²) >= 11 is 5.20. The van der Waals surface area contributed by atoms with Crippen molar-refractivity contribution in [3.05, 3.63) is 44.8 Å². The molecular weight excluding hydrogens is 324 g/mol. The van der Waals surface area contributed by atoms with Gasteiger partial charge in [0.2, 0.25) is 0 Å². The van der Waals surface area contributed by atoms with Gasteiger partial charge in [0.15, 0.2) is 0 Å². The molecule has 1 unspecified atom stereocenters. The van der Waals surface area contributed by atoms with Gasteiger partial charge in [-0.2, -0.15) is 0 Å². The molecule has 1 heterocycles. The maximum atomic E-state index is 5.44. The van der Waals surface area contributed by atoms with Gasteiger partial charge < -0.3 is 10.1 Å². The third kappa shape index (κ3) is 3.78. The van der Waals surface area contributed by atoms with Crippen LogP contribution >= 0.6 is 27.3 Å². The molecule has 2 rings (SSSR count). The van der Waals surface area contributed by atoms with Crippen LogP contribution in [0.4, 0.5) is 0 Å². The van der Waals surface area contributed by atoms with E-state index in [0.717, 1.165) is 23.2 Å². The summed E-state index contributed by atoms with van der Waals surface area (Å²) in [5.74, 6) is 0.926. The summed E-state index contributed by atoms with van der Waals surface area (Å²) in [5, 5.41) is 3.50. The standard InChI is InChI=1S/C14H17BrN2OS/c1-3-17-12(14-8-16-9-19-14)7-10-6-11(15)4-5-13(10)18-2/h4-6,8-9,12,17H,3,7H2,1-2H3. The maximum absolute atomic E-state index is 5.44. The minimum Gasteiger partial charge on any atom is -0.496 e. The van der Waals surface area contributed by atoms with E-state index in [4.69, 9.17) is 4.74 Å². The quantitative estimate of drug-likeness (QED) is 0.868. The van der Waals surface area contributed by atoms with Gasteiger partial charge in [-0.05, 0) is 36.7 Å². The van der Waals surface area contributed by atoms with E-state index in [1.165, 1.54) is 10.4 Å². The van der Waals surface area contributed by atoms with E-state index in [1.807, 2.05) is 23.8 Å². The molecule has 1 aromatic heterocycles. The number of methoxy groups -OCH3 is 1. The number of likely N-dealkylation sites (N-methyl/N-ethyl adjacent to an activating group) is 1. The van der Waals surface area contributed by atoms with Crippen molar-refractivity contribution in [2.45, 2.75) is 19.4 Å². The minimum atomic E-state index is 0.278. The highest BCUT2D eigenvalue weighted by Gasteiger charge is 2.15. The Morgan fingerprint density at radius 1 is 1.47 bits per heavy atom. The first-order chi connectivity index (χ1) is 9.24. The molecule has 0 saturated carbocycles. The zero-order chi connectivity index (χ0) is 13.7. The van der Waals surface area contributed by atoms with Crippen LogP contribution in [-0.4, -0.2) is 18.6 Å². The molecule has 0 spiro atoms. The Bertz CT molecular complexity index is 516. The normalized spacial score (nSPS) is 12.4. The molecule has 1 atom stereocenters. The third-order valence-corrected chi connectivity index (χ3v) is 4.29.